The zero-order chi connectivity index (χ0) is 13.0. The van der Waals surface area contributed by atoms with E-state index in [0.717, 1.165) is 5.69 Å². The van der Waals surface area contributed by atoms with E-state index in [2.05, 4.69) is 10.3 Å². The van der Waals surface area contributed by atoms with Crippen LogP contribution in [0, 0.1) is 21.4 Å². The monoisotopic (exact) mass is 240 g/mol. The molecule has 0 aliphatic carbocycles. The van der Waals surface area contributed by atoms with E-state index in [1.165, 1.54) is 12.1 Å². The van der Waals surface area contributed by atoms with Gasteiger partial charge in [-0.05, 0) is 24.3 Å². The lowest BCUT2D eigenvalue weighted by Gasteiger charge is -2.05. The summed E-state index contributed by atoms with van der Waals surface area (Å²) in [5.74, 6) is 0. The number of rotatable bonds is 3. The molecule has 2 aromatic rings. The third-order valence-electron chi connectivity index (χ3n) is 2.27. The smallest absolute Gasteiger partial charge is 0.289 e. The van der Waals surface area contributed by atoms with Crippen molar-refractivity contribution in [2.24, 2.45) is 0 Å². The van der Waals surface area contributed by atoms with Crippen LogP contribution >= 0.6 is 0 Å². The van der Waals surface area contributed by atoms with Gasteiger partial charge in [-0.1, -0.05) is 0 Å². The molecular weight excluding hydrogens is 232 g/mol. The van der Waals surface area contributed by atoms with Gasteiger partial charge in [-0.15, -0.1) is 0 Å². The van der Waals surface area contributed by atoms with E-state index in [0.29, 0.717) is 5.69 Å². The summed E-state index contributed by atoms with van der Waals surface area (Å²) in [7, 11) is 0. The van der Waals surface area contributed by atoms with Crippen molar-refractivity contribution in [1.82, 2.24) is 4.98 Å². The van der Waals surface area contributed by atoms with E-state index < -0.39 is 4.92 Å². The first kappa shape index (κ1) is 11.5. The fourth-order valence-electron chi connectivity index (χ4n) is 1.46. The molecule has 6 nitrogen and oxygen atoms in total. The van der Waals surface area contributed by atoms with Crippen molar-refractivity contribution in [3.8, 4) is 6.07 Å². The van der Waals surface area contributed by atoms with E-state index in [-0.39, 0.29) is 11.3 Å². The number of hydrogen-bond donors (Lipinski definition) is 1. The van der Waals surface area contributed by atoms with Crippen LogP contribution in [-0.2, 0) is 0 Å². The summed E-state index contributed by atoms with van der Waals surface area (Å²) in [6, 6.07) is 9.67. The molecule has 0 bridgehead atoms. The number of nitriles is 1. The zero-order valence-corrected chi connectivity index (χ0v) is 9.20. The van der Waals surface area contributed by atoms with Gasteiger partial charge in [0.25, 0.3) is 5.69 Å². The Kier molecular flexibility index (Phi) is 3.16. The summed E-state index contributed by atoms with van der Waals surface area (Å²) in [6.45, 7) is 0. The van der Waals surface area contributed by atoms with E-state index in [4.69, 9.17) is 5.26 Å². The van der Waals surface area contributed by atoms with Crippen molar-refractivity contribution in [1.29, 1.82) is 5.26 Å². The van der Waals surface area contributed by atoms with Gasteiger partial charge in [0.1, 0.15) is 11.6 Å². The Morgan fingerprint density at radius 3 is 2.78 bits per heavy atom. The Hall–Kier alpha value is -2.94. The highest BCUT2D eigenvalue weighted by molar-refractivity contribution is 5.65. The predicted octanol–water partition coefficient (Wildman–Crippen LogP) is 2.61. The number of aromatic nitrogens is 1. The van der Waals surface area contributed by atoms with Gasteiger partial charge in [-0.2, -0.15) is 5.26 Å². The van der Waals surface area contributed by atoms with Gasteiger partial charge in [0.15, 0.2) is 0 Å². The first-order valence-electron chi connectivity index (χ1n) is 5.06. The number of benzene rings is 1. The number of pyridine rings is 1. The summed E-state index contributed by atoms with van der Waals surface area (Å²) in [6.07, 6.45) is 3.23. The molecule has 0 fully saturated rings. The molecule has 0 atom stereocenters. The average molecular weight is 240 g/mol. The number of hydrogen-bond acceptors (Lipinski definition) is 5. The second kappa shape index (κ2) is 4.93. The molecule has 1 aromatic carbocycles. The summed E-state index contributed by atoms with van der Waals surface area (Å²) < 4.78 is 0. The van der Waals surface area contributed by atoms with Crippen LogP contribution in [0.15, 0.2) is 42.7 Å². The molecule has 1 aromatic heterocycles. The lowest BCUT2D eigenvalue weighted by molar-refractivity contribution is -0.385. The molecule has 1 N–H and O–H groups in total. The summed E-state index contributed by atoms with van der Waals surface area (Å²) in [4.78, 5) is 14.1. The third kappa shape index (κ3) is 2.41. The van der Waals surface area contributed by atoms with E-state index in [9.17, 15) is 10.1 Å². The van der Waals surface area contributed by atoms with Crippen LogP contribution in [0.1, 0.15) is 5.56 Å². The minimum Gasteiger partial charge on any atom is -0.354 e. The number of nitro groups is 1. The van der Waals surface area contributed by atoms with Gasteiger partial charge < -0.3 is 5.32 Å². The molecule has 2 rings (SSSR count). The van der Waals surface area contributed by atoms with Crippen LogP contribution in [0.5, 0.6) is 0 Å². The fraction of sp³-hybridized carbons (Fsp3) is 0. The second-order valence-corrected chi connectivity index (χ2v) is 3.47. The van der Waals surface area contributed by atoms with E-state index >= 15 is 0 Å². The van der Waals surface area contributed by atoms with Crippen molar-refractivity contribution in [2.45, 2.75) is 0 Å². The molecular formula is C12H8N4O2. The van der Waals surface area contributed by atoms with Gasteiger partial charge in [0.05, 0.1) is 16.8 Å². The Morgan fingerprint density at radius 2 is 2.17 bits per heavy atom. The standard InChI is InChI=1S/C12H8N4O2/c13-7-9-3-4-10(6-12(9)16(17)18)15-11-2-1-5-14-8-11/h1-6,8,15H. The van der Waals surface area contributed by atoms with E-state index in [1.807, 2.05) is 0 Å². The van der Waals surface area contributed by atoms with Crippen molar-refractivity contribution < 1.29 is 4.92 Å². The summed E-state index contributed by atoms with van der Waals surface area (Å²) in [5.41, 5.74) is 1.08. The topological polar surface area (TPSA) is 91.8 Å². The molecule has 18 heavy (non-hydrogen) atoms. The first-order chi connectivity index (χ1) is 8.70. The average Bonchev–Trinajstić information content (AvgIpc) is 2.40. The number of nitrogens with zero attached hydrogens (tertiary/aromatic N) is 3. The van der Waals surface area contributed by atoms with Gasteiger partial charge in [0, 0.05) is 18.0 Å². The summed E-state index contributed by atoms with van der Waals surface area (Å²) in [5, 5.41) is 22.5. The molecule has 0 amide bonds. The molecule has 0 radical (unpaired) electrons. The highest BCUT2D eigenvalue weighted by Crippen LogP contribution is 2.24. The fourth-order valence-corrected chi connectivity index (χ4v) is 1.46. The Morgan fingerprint density at radius 1 is 1.33 bits per heavy atom. The Labute approximate surface area is 103 Å². The van der Waals surface area contributed by atoms with Crippen molar-refractivity contribution in [3.05, 3.63) is 58.4 Å². The maximum atomic E-state index is 10.8. The largest absolute Gasteiger partial charge is 0.354 e. The van der Waals surface area contributed by atoms with Gasteiger partial charge >= 0.3 is 0 Å². The highest BCUT2D eigenvalue weighted by atomic mass is 16.6. The molecule has 0 saturated heterocycles. The van der Waals surface area contributed by atoms with E-state index in [1.54, 1.807) is 36.7 Å². The normalized spacial score (nSPS) is 9.50. The number of nitro benzene ring substituents is 1. The van der Waals surface area contributed by atoms with Crippen LogP contribution in [0.3, 0.4) is 0 Å². The van der Waals surface area contributed by atoms with Crippen LogP contribution in [0.2, 0.25) is 0 Å². The maximum Gasteiger partial charge on any atom is 0.289 e. The molecule has 88 valence electrons. The Bertz CT molecular complexity index is 620. The van der Waals surface area contributed by atoms with Gasteiger partial charge in [0.2, 0.25) is 0 Å². The van der Waals surface area contributed by atoms with Crippen LogP contribution in [0.25, 0.3) is 0 Å². The van der Waals surface area contributed by atoms with Crippen molar-refractivity contribution >= 4 is 17.1 Å². The minimum atomic E-state index is -0.576. The minimum absolute atomic E-state index is 0.0386. The number of anilines is 2. The van der Waals surface area contributed by atoms with Crippen LogP contribution < -0.4 is 5.32 Å². The summed E-state index contributed by atoms with van der Waals surface area (Å²) >= 11 is 0. The lowest BCUT2D eigenvalue weighted by atomic mass is 10.2. The molecule has 0 aliphatic rings. The first-order valence-corrected chi connectivity index (χ1v) is 5.06. The van der Waals surface area contributed by atoms with Crippen LogP contribution in [-0.4, -0.2) is 9.91 Å². The van der Waals surface area contributed by atoms with Gasteiger partial charge in [-0.25, -0.2) is 0 Å². The highest BCUT2D eigenvalue weighted by Gasteiger charge is 2.14. The molecule has 0 spiro atoms. The number of nitrogens with one attached hydrogen (secondary N) is 1. The maximum absolute atomic E-state index is 10.8. The second-order valence-electron chi connectivity index (χ2n) is 3.47. The molecule has 0 unspecified atom stereocenters. The van der Waals surface area contributed by atoms with Crippen molar-refractivity contribution in [3.63, 3.8) is 0 Å². The van der Waals surface area contributed by atoms with Gasteiger partial charge in [-0.3, -0.25) is 15.1 Å². The predicted molar refractivity (Wildman–Crippen MR) is 65.3 cm³/mol. The molecule has 0 saturated carbocycles. The quantitative estimate of drug-likeness (QED) is 0.657. The third-order valence-corrected chi connectivity index (χ3v) is 2.27. The SMILES string of the molecule is N#Cc1ccc(Nc2cccnc2)cc1[N+](=O)[O-]. The molecule has 1 heterocycles. The molecule has 6 heteroatoms. The Balaban J connectivity index is 2.34. The molecule has 0 aliphatic heterocycles. The zero-order valence-electron chi connectivity index (χ0n) is 9.20. The van der Waals surface area contributed by atoms with Crippen LogP contribution in [0.4, 0.5) is 17.1 Å². The lowest BCUT2D eigenvalue weighted by Crippen LogP contribution is -1.96. The van der Waals surface area contributed by atoms with Crippen molar-refractivity contribution in [2.75, 3.05) is 5.32 Å².